The van der Waals surface area contributed by atoms with Gasteiger partial charge in [-0.3, -0.25) is 19.4 Å². The van der Waals surface area contributed by atoms with Crippen LogP contribution in [-0.2, 0) is 21.4 Å². The number of amides is 2. The molecular formula is C32H32BrCl2N7O5S. The molecule has 0 bridgehead atoms. The number of sulfonamides is 1. The van der Waals surface area contributed by atoms with Crippen molar-refractivity contribution in [1.82, 2.24) is 23.5 Å². The highest BCUT2D eigenvalue weighted by Crippen LogP contribution is 2.37. The number of rotatable bonds is 8. The highest BCUT2D eigenvalue weighted by atomic mass is 79.9. The predicted octanol–water partition coefficient (Wildman–Crippen LogP) is 4.71. The molecule has 252 valence electrons. The van der Waals surface area contributed by atoms with Gasteiger partial charge in [-0.2, -0.15) is 4.31 Å². The Bertz CT molecular complexity index is 2030. The third-order valence-corrected chi connectivity index (χ3v) is 12.4. The zero-order chi connectivity index (χ0) is 34.3. The van der Waals surface area contributed by atoms with Crippen molar-refractivity contribution in [3.05, 3.63) is 91.8 Å². The smallest absolute Gasteiger partial charge is 0.253 e. The number of piperazine rings is 1. The van der Waals surface area contributed by atoms with Crippen LogP contribution in [0.3, 0.4) is 0 Å². The van der Waals surface area contributed by atoms with Gasteiger partial charge in [-0.05, 0) is 72.1 Å². The van der Waals surface area contributed by atoms with Gasteiger partial charge in [0.25, 0.3) is 5.91 Å². The molecule has 2 aliphatic rings. The van der Waals surface area contributed by atoms with Gasteiger partial charge in [0.15, 0.2) is 11.4 Å². The van der Waals surface area contributed by atoms with E-state index in [-0.39, 0.29) is 58.8 Å². The Kier molecular flexibility index (Phi) is 9.73. The fourth-order valence-corrected chi connectivity index (χ4v) is 8.90. The number of carbonyl (C=O) groups is 2. The number of pyridine rings is 1. The lowest BCUT2D eigenvalue weighted by molar-refractivity contribution is -0.136. The van der Waals surface area contributed by atoms with Crippen LogP contribution in [-0.4, -0.2) is 88.3 Å². The largest absolute Gasteiger partial charge is 0.485 e. The Labute approximate surface area is 296 Å². The number of carbonyl (C=O) groups excluding carboxylic acids is 2. The van der Waals surface area contributed by atoms with Crippen LogP contribution in [0.2, 0.25) is 10.0 Å². The molecule has 6 rings (SSSR count). The first-order valence-corrected chi connectivity index (χ1v) is 18.1. The van der Waals surface area contributed by atoms with Crippen molar-refractivity contribution < 1.29 is 22.7 Å². The lowest BCUT2D eigenvalue weighted by atomic mass is 10.1. The summed E-state index contributed by atoms with van der Waals surface area (Å²) in [6.45, 7) is 3.04. The van der Waals surface area contributed by atoms with Crippen molar-refractivity contribution in [3.63, 3.8) is 0 Å². The number of hydrogen-bond acceptors (Lipinski definition) is 7. The number of aryl methyl sites for hydroxylation is 1. The van der Waals surface area contributed by atoms with E-state index >= 15 is 0 Å². The summed E-state index contributed by atoms with van der Waals surface area (Å²) in [7, 11) is -4.20. The number of nitrogens with zero attached hydrogens (tertiary/aromatic N) is 5. The number of imidazole rings is 1. The zero-order valence-corrected chi connectivity index (χ0v) is 29.7. The SMILES string of the molecule is Cc1nc2c(OCc3c(Cl)ccc(S(=O)(=O)N4CCC[C@H]4C(=O)N4CCN(C(=O)c5ccc(C(=N)N)cc5)CC4)c3Cl)cccn2c1Br. The molecule has 2 amide bonds. The average molecular weight is 778 g/mol. The Morgan fingerprint density at radius 3 is 2.38 bits per heavy atom. The lowest BCUT2D eigenvalue weighted by Crippen LogP contribution is -2.55. The second-order valence-electron chi connectivity index (χ2n) is 11.6. The van der Waals surface area contributed by atoms with Gasteiger partial charge in [0.1, 0.15) is 28.0 Å². The Balaban J connectivity index is 1.15. The van der Waals surface area contributed by atoms with E-state index in [0.717, 1.165) is 10.3 Å². The quantitative estimate of drug-likeness (QED) is 0.194. The van der Waals surface area contributed by atoms with E-state index < -0.39 is 16.1 Å². The van der Waals surface area contributed by atoms with Crippen molar-refractivity contribution in [2.75, 3.05) is 32.7 Å². The molecule has 2 aromatic carbocycles. The first-order chi connectivity index (χ1) is 22.9. The van der Waals surface area contributed by atoms with Crippen LogP contribution in [0.4, 0.5) is 0 Å². The normalized spacial score (nSPS) is 17.2. The molecule has 0 spiro atoms. The van der Waals surface area contributed by atoms with Crippen molar-refractivity contribution in [2.24, 2.45) is 5.73 Å². The van der Waals surface area contributed by atoms with Crippen LogP contribution >= 0.6 is 39.1 Å². The van der Waals surface area contributed by atoms with Crippen LogP contribution in [0.15, 0.2) is 64.2 Å². The molecule has 0 saturated carbocycles. The van der Waals surface area contributed by atoms with Gasteiger partial charge in [0, 0.05) is 60.6 Å². The Hall–Kier alpha value is -3.69. The molecule has 2 saturated heterocycles. The van der Waals surface area contributed by atoms with Gasteiger partial charge in [-0.25, -0.2) is 13.4 Å². The predicted molar refractivity (Wildman–Crippen MR) is 185 cm³/mol. The molecule has 2 fully saturated rings. The third kappa shape index (κ3) is 6.39. The van der Waals surface area contributed by atoms with Gasteiger partial charge < -0.3 is 20.3 Å². The summed E-state index contributed by atoms with van der Waals surface area (Å²) in [6.07, 6.45) is 2.71. The molecular weight excluding hydrogens is 745 g/mol. The Morgan fingerprint density at radius 1 is 1.02 bits per heavy atom. The fraction of sp³-hybridized carbons (Fsp3) is 0.312. The molecule has 0 unspecified atom stereocenters. The summed E-state index contributed by atoms with van der Waals surface area (Å²) < 4.78 is 38.0. The summed E-state index contributed by atoms with van der Waals surface area (Å²) in [4.78, 5) is 34.4. The number of benzene rings is 2. The maximum absolute atomic E-state index is 14.1. The maximum atomic E-state index is 14.1. The second-order valence-corrected chi connectivity index (χ2v) is 15.0. The first-order valence-electron chi connectivity index (χ1n) is 15.2. The number of nitrogen functional groups attached to an aromatic ring is 1. The van der Waals surface area contributed by atoms with Gasteiger partial charge in [-0.1, -0.05) is 35.3 Å². The van der Waals surface area contributed by atoms with Crippen LogP contribution in [0.1, 0.15) is 40.0 Å². The van der Waals surface area contributed by atoms with E-state index in [9.17, 15) is 18.0 Å². The number of aromatic nitrogens is 2. The van der Waals surface area contributed by atoms with E-state index in [1.165, 1.54) is 16.4 Å². The maximum Gasteiger partial charge on any atom is 0.253 e. The third-order valence-electron chi connectivity index (χ3n) is 8.63. The number of ether oxygens (including phenoxy) is 1. The minimum atomic E-state index is -4.20. The number of halogens is 3. The molecule has 0 radical (unpaired) electrons. The molecule has 3 N–H and O–H groups in total. The lowest BCUT2D eigenvalue weighted by Gasteiger charge is -2.37. The van der Waals surface area contributed by atoms with Crippen molar-refractivity contribution in [1.29, 1.82) is 5.41 Å². The van der Waals surface area contributed by atoms with Gasteiger partial charge in [-0.15, -0.1) is 0 Å². The highest BCUT2D eigenvalue weighted by Gasteiger charge is 2.43. The van der Waals surface area contributed by atoms with Gasteiger partial charge >= 0.3 is 0 Å². The average Bonchev–Trinajstić information content (AvgIpc) is 3.69. The Morgan fingerprint density at radius 2 is 1.69 bits per heavy atom. The molecule has 16 heteroatoms. The first kappa shape index (κ1) is 34.2. The van der Waals surface area contributed by atoms with E-state index in [1.54, 1.807) is 46.2 Å². The summed E-state index contributed by atoms with van der Waals surface area (Å²) in [6, 6.07) is 12.0. The van der Waals surface area contributed by atoms with Crippen LogP contribution in [0, 0.1) is 12.3 Å². The summed E-state index contributed by atoms with van der Waals surface area (Å²) in [5.74, 6) is -0.120. The molecule has 4 aromatic rings. The van der Waals surface area contributed by atoms with E-state index in [4.69, 9.17) is 39.1 Å². The zero-order valence-electron chi connectivity index (χ0n) is 25.8. The monoisotopic (exact) mass is 775 g/mol. The van der Waals surface area contributed by atoms with E-state index in [2.05, 4.69) is 20.9 Å². The van der Waals surface area contributed by atoms with Crippen LogP contribution in [0.5, 0.6) is 5.75 Å². The summed E-state index contributed by atoms with van der Waals surface area (Å²) in [5, 5.41) is 7.70. The molecule has 12 nitrogen and oxygen atoms in total. The molecule has 1 atom stereocenters. The van der Waals surface area contributed by atoms with Gasteiger partial charge in [0.2, 0.25) is 15.9 Å². The number of nitrogens with two attached hydrogens (primary N) is 1. The molecule has 0 aliphatic carbocycles. The molecule has 4 heterocycles. The minimum absolute atomic E-state index is 0.0725. The molecule has 2 aliphatic heterocycles. The summed E-state index contributed by atoms with van der Waals surface area (Å²) >= 11 is 16.7. The van der Waals surface area contributed by atoms with E-state index in [0.29, 0.717) is 54.0 Å². The van der Waals surface area contributed by atoms with Crippen molar-refractivity contribution >= 4 is 72.5 Å². The number of fused-ring (bicyclic) bond motifs is 1. The van der Waals surface area contributed by atoms with Crippen molar-refractivity contribution in [3.8, 4) is 5.75 Å². The number of amidine groups is 1. The van der Waals surface area contributed by atoms with Crippen LogP contribution in [0.25, 0.3) is 5.65 Å². The topological polar surface area (TPSA) is 154 Å². The van der Waals surface area contributed by atoms with E-state index in [1.807, 2.05) is 17.5 Å². The standard InChI is InChI=1S/C32H32BrCl2N7O5S/c1-19-28(33)41-12-3-5-25(30(41)38-19)47-18-22-23(34)10-11-26(27(22)35)48(45,46)42-13-2-4-24(42)32(44)40-16-14-39(15-17-40)31(43)21-8-6-20(7-9-21)29(36)37/h3,5-12,24H,2,4,13-18H2,1H3,(H3,36,37)/t24-/m0/s1. The highest BCUT2D eigenvalue weighted by molar-refractivity contribution is 9.10. The van der Waals surface area contributed by atoms with Crippen molar-refractivity contribution in [2.45, 2.75) is 37.3 Å². The fourth-order valence-electron chi connectivity index (χ4n) is 6.01. The summed E-state index contributed by atoms with van der Waals surface area (Å²) in [5.41, 5.74) is 8.13. The second kappa shape index (κ2) is 13.7. The van der Waals surface area contributed by atoms with Crippen LogP contribution < -0.4 is 10.5 Å². The molecule has 2 aromatic heterocycles. The minimum Gasteiger partial charge on any atom is -0.485 e. The van der Waals surface area contributed by atoms with Gasteiger partial charge in [0.05, 0.1) is 10.7 Å². The number of nitrogens with one attached hydrogen (secondary N) is 1. The number of hydrogen-bond donors (Lipinski definition) is 2. The molecule has 48 heavy (non-hydrogen) atoms.